The van der Waals surface area contributed by atoms with Crippen molar-refractivity contribution in [3.8, 4) is 0 Å². The molecular formula is C18H26FNO3. The minimum absolute atomic E-state index is 0.0346. The average Bonchev–Trinajstić information content (AvgIpc) is 2.32. The quantitative estimate of drug-likeness (QED) is 0.826. The Kier molecular flexibility index (Phi) is 5.56. The summed E-state index contributed by atoms with van der Waals surface area (Å²) >= 11 is 0. The molecule has 2 N–H and O–H groups in total. The Morgan fingerprint density at radius 2 is 1.74 bits per heavy atom. The molecule has 1 aromatic carbocycles. The van der Waals surface area contributed by atoms with Crippen molar-refractivity contribution in [1.29, 1.82) is 0 Å². The third-order valence-electron chi connectivity index (χ3n) is 4.83. The first-order valence-electron chi connectivity index (χ1n) is 7.64. The van der Waals surface area contributed by atoms with Gasteiger partial charge in [-0.25, -0.2) is 4.39 Å². The number of nitrogens with one attached hydrogen (secondary N) is 1. The van der Waals surface area contributed by atoms with Gasteiger partial charge < -0.3 is 10.4 Å². The normalized spacial score (nSPS) is 12.1. The van der Waals surface area contributed by atoms with Crippen LogP contribution in [-0.4, -0.2) is 17.0 Å². The van der Waals surface area contributed by atoms with Crippen LogP contribution in [0.3, 0.4) is 0 Å². The van der Waals surface area contributed by atoms with Gasteiger partial charge in [0, 0.05) is 12.6 Å². The van der Waals surface area contributed by atoms with Crippen LogP contribution in [0.2, 0.25) is 0 Å². The van der Waals surface area contributed by atoms with Crippen molar-refractivity contribution in [3.63, 3.8) is 0 Å². The van der Waals surface area contributed by atoms with Gasteiger partial charge in [0.2, 0.25) is 5.91 Å². The Balaban J connectivity index is 3.18. The molecule has 1 amide bonds. The minimum Gasteiger partial charge on any atom is -0.481 e. The molecule has 0 bridgehead atoms. The van der Waals surface area contributed by atoms with Crippen LogP contribution in [0.5, 0.6) is 0 Å². The molecule has 0 saturated carbocycles. The van der Waals surface area contributed by atoms with Crippen molar-refractivity contribution in [2.45, 2.75) is 54.4 Å². The maximum absolute atomic E-state index is 14.1. The fraction of sp³-hybridized carbons (Fsp3) is 0.556. The van der Waals surface area contributed by atoms with Crippen molar-refractivity contribution in [2.24, 2.45) is 10.8 Å². The van der Waals surface area contributed by atoms with Gasteiger partial charge in [-0.3, -0.25) is 9.59 Å². The van der Waals surface area contributed by atoms with E-state index in [1.165, 1.54) is 13.0 Å². The van der Waals surface area contributed by atoms with E-state index in [0.29, 0.717) is 17.7 Å². The summed E-state index contributed by atoms with van der Waals surface area (Å²) in [4.78, 5) is 22.3. The number of carboxylic acid groups (broad SMARTS) is 1. The molecule has 0 aliphatic carbocycles. The van der Waals surface area contributed by atoms with Crippen molar-refractivity contribution >= 4 is 17.6 Å². The van der Waals surface area contributed by atoms with Gasteiger partial charge in [-0.15, -0.1) is 0 Å². The van der Waals surface area contributed by atoms with Crippen molar-refractivity contribution < 1.29 is 19.1 Å². The number of carbonyl (C=O) groups excluding carboxylic acids is 1. The van der Waals surface area contributed by atoms with E-state index in [-0.39, 0.29) is 23.6 Å². The third kappa shape index (κ3) is 4.78. The van der Waals surface area contributed by atoms with E-state index in [9.17, 15) is 14.0 Å². The fourth-order valence-electron chi connectivity index (χ4n) is 2.53. The zero-order valence-electron chi connectivity index (χ0n) is 14.7. The van der Waals surface area contributed by atoms with E-state index < -0.39 is 11.4 Å². The van der Waals surface area contributed by atoms with Crippen LogP contribution in [0.15, 0.2) is 12.1 Å². The molecule has 1 rings (SSSR count). The monoisotopic (exact) mass is 323 g/mol. The van der Waals surface area contributed by atoms with Crippen LogP contribution in [0.1, 0.15) is 52.2 Å². The molecule has 1 aromatic rings. The van der Waals surface area contributed by atoms with Gasteiger partial charge in [0.15, 0.2) is 0 Å². The first kappa shape index (κ1) is 19.1. The summed E-state index contributed by atoms with van der Waals surface area (Å²) in [6, 6.07) is 3.06. The van der Waals surface area contributed by atoms with Crippen molar-refractivity contribution in [3.05, 3.63) is 29.1 Å². The van der Waals surface area contributed by atoms with Crippen LogP contribution in [-0.2, 0) is 16.0 Å². The van der Waals surface area contributed by atoms with Gasteiger partial charge in [-0.2, -0.15) is 0 Å². The number of rotatable bonds is 6. The van der Waals surface area contributed by atoms with Crippen LogP contribution in [0.25, 0.3) is 0 Å². The summed E-state index contributed by atoms with van der Waals surface area (Å²) in [7, 11) is 0. The standard InChI is InChI=1S/C18H26FNO3/c1-11-13(7-14(8-15(11)19)20-12(2)21)9-17(3,4)18(5,6)10-16(22)23/h7-8H,9-10H2,1-6H3,(H,20,21)(H,22,23). The summed E-state index contributed by atoms with van der Waals surface area (Å²) in [5.41, 5.74) is 0.890. The Morgan fingerprint density at radius 1 is 1.17 bits per heavy atom. The fourth-order valence-corrected chi connectivity index (χ4v) is 2.53. The van der Waals surface area contributed by atoms with E-state index in [0.717, 1.165) is 5.56 Å². The van der Waals surface area contributed by atoms with Crippen molar-refractivity contribution in [2.75, 3.05) is 5.32 Å². The lowest BCUT2D eigenvalue weighted by Gasteiger charge is -2.41. The summed E-state index contributed by atoms with van der Waals surface area (Å²) in [5.74, 6) is -1.49. The highest BCUT2D eigenvalue weighted by Crippen LogP contribution is 2.44. The molecule has 128 valence electrons. The van der Waals surface area contributed by atoms with Crippen LogP contribution < -0.4 is 5.32 Å². The summed E-state index contributed by atoms with van der Waals surface area (Å²) in [6.07, 6.45) is 0.552. The largest absolute Gasteiger partial charge is 0.481 e. The molecule has 0 aliphatic heterocycles. The molecule has 0 radical (unpaired) electrons. The van der Waals surface area contributed by atoms with Gasteiger partial charge in [0.25, 0.3) is 0 Å². The van der Waals surface area contributed by atoms with Crippen LogP contribution in [0.4, 0.5) is 10.1 Å². The molecule has 0 atom stereocenters. The zero-order valence-corrected chi connectivity index (χ0v) is 14.7. The second kappa shape index (κ2) is 6.69. The molecule has 0 heterocycles. The number of benzene rings is 1. The second-order valence-corrected chi connectivity index (χ2v) is 7.44. The third-order valence-corrected chi connectivity index (χ3v) is 4.83. The van der Waals surface area contributed by atoms with Crippen molar-refractivity contribution in [1.82, 2.24) is 0 Å². The Labute approximate surface area is 137 Å². The van der Waals surface area contributed by atoms with E-state index in [1.807, 2.05) is 27.7 Å². The lowest BCUT2D eigenvalue weighted by molar-refractivity contribution is -0.141. The number of aliphatic carboxylic acids is 1. The molecule has 0 unspecified atom stereocenters. The summed E-state index contributed by atoms with van der Waals surface area (Å²) in [5, 5.41) is 11.7. The van der Waals surface area contributed by atoms with Gasteiger partial charge >= 0.3 is 5.97 Å². The van der Waals surface area contributed by atoms with Gasteiger partial charge in [-0.05, 0) is 47.4 Å². The SMILES string of the molecule is CC(=O)Nc1cc(F)c(C)c(CC(C)(C)C(C)(C)CC(=O)O)c1. The Morgan fingerprint density at radius 3 is 2.22 bits per heavy atom. The predicted molar refractivity (Wildman–Crippen MR) is 89.0 cm³/mol. The maximum Gasteiger partial charge on any atom is 0.303 e. The predicted octanol–water partition coefficient (Wildman–Crippen LogP) is 4.16. The first-order chi connectivity index (χ1) is 10.4. The highest BCUT2D eigenvalue weighted by molar-refractivity contribution is 5.88. The molecule has 5 heteroatoms. The van der Waals surface area contributed by atoms with E-state index in [1.54, 1.807) is 13.0 Å². The highest BCUT2D eigenvalue weighted by atomic mass is 19.1. The van der Waals surface area contributed by atoms with Gasteiger partial charge in [-0.1, -0.05) is 27.7 Å². The molecule has 4 nitrogen and oxygen atoms in total. The Bertz CT molecular complexity index is 621. The molecule has 23 heavy (non-hydrogen) atoms. The number of halogens is 1. The average molecular weight is 323 g/mol. The first-order valence-corrected chi connectivity index (χ1v) is 7.64. The number of hydrogen-bond acceptors (Lipinski definition) is 2. The molecular weight excluding hydrogens is 297 g/mol. The number of carboxylic acids is 1. The molecule has 0 aliphatic rings. The smallest absolute Gasteiger partial charge is 0.303 e. The van der Waals surface area contributed by atoms with Crippen LogP contribution >= 0.6 is 0 Å². The zero-order chi connectivity index (χ0) is 18.0. The van der Waals surface area contributed by atoms with E-state index in [4.69, 9.17) is 5.11 Å². The van der Waals surface area contributed by atoms with E-state index >= 15 is 0 Å². The van der Waals surface area contributed by atoms with E-state index in [2.05, 4.69) is 5.32 Å². The molecule has 0 fully saturated rings. The van der Waals surface area contributed by atoms with Gasteiger partial charge in [0.05, 0.1) is 6.42 Å². The van der Waals surface area contributed by atoms with Gasteiger partial charge in [0.1, 0.15) is 5.82 Å². The van der Waals surface area contributed by atoms with Crippen LogP contribution in [0, 0.1) is 23.6 Å². The lowest BCUT2D eigenvalue weighted by Crippen LogP contribution is -2.36. The topological polar surface area (TPSA) is 66.4 Å². The molecule has 0 spiro atoms. The molecule has 0 saturated heterocycles. The number of carbonyl (C=O) groups is 2. The minimum atomic E-state index is -0.849. The number of hydrogen-bond donors (Lipinski definition) is 2. The highest BCUT2D eigenvalue weighted by Gasteiger charge is 2.39. The lowest BCUT2D eigenvalue weighted by atomic mass is 9.63. The summed E-state index contributed by atoms with van der Waals surface area (Å²) < 4.78 is 14.1. The molecule has 0 aromatic heterocycles. The second-order valence-electron chi connectivity index (χ2n) is 7.44. The number of amides is 1. The number of anilines is 1. The Hall–Kier alpha value is -1.91. The maximum atomic E-state index is 14.1. The summed E-state index contributed by atoms with van der Waals surface area (Å²) in [6.45, 7) is 10.9.